The lowest BCUT2D eigenvalue weighted by Crippen LogP contribution is -2.11. The third kappa shape index (κ3) is 2.59. The second-order valence-corrected chi connectivity index (χ2v) is 8.89. The first-order valence-corrected chi connectivity index (χ1v) is 9.84. The number of thiophene rings is 1. The molecule has 24 heavy (non-hydrogen) atoms. The smallest absolute Gasteiger partial charge is 0.271 e. The molecule has 0 fully saturated rings. The second kappa shape index (κ2) is 5.56. The molecule has 0 aliphatic heterocycles. The Labute approximate surface area is 141 Å². The Balaban J connectivity index is 1.71. The van der Waals surface area contributed by atoms with Gasteiger partial charge in [0.05, 0.1) is 11.2 Å². The van der Waals surface area contributed by atoms with E-state index in [1.807, 2.05) is 0 Å². The van der Waals surface area contributed by atoms with Crippen molar-refractivity contribution >= 4 is 38.0 Å². The summed E-state index contributed by atoms with van der Waals surface area (Å²) in [4.78, 5) is 3.87. The van der Waals surface area contributed by atoms with Crippen LogP contribution in [0.3, 0.4) is 0 Å². The van der Waals surface area contributed by atoms with Crippen LogP contribution in [0.15, 0.2) is 28.6 Å². The number of H-pyrrole nitrogens is 1. The molecule has 1 aromatic carbocycles. The molecule has 1 aliphatic rings. The van der Waals surface area contributed by atoms with Crippen LogP contribution < -0.4 is 4.72 Å². The predicted molar refractivity (Wildman–Crippen MR) is 90.0 cm³/mol. The van der Waals surface area contributed by atoms with Crippen LogP contribution in [-0.2, 0) is 22.9 Å². The molecule has 2 aromatic heterocycles. The molecule has 0 amide bonds. The molecule has 0 atom stereocenters. The molecule has 0 radical (unpaired) electrons. The van der Waals surface area contributed by atoms with Gasteiger partial charge in [-0.2, -0.15) is 0 Å². The summed E-state index contributed by atoms with van der Waals surface area (Å²) in [6.07, 6.45) is 5.36. The minimum atomic E-state index is -3.76. The van der Waals surface area contributed by atoms with Crippen molar-refractivity contribution in [1.82, 2.24) is 4.98 Å². The summed E-state index contributed by atoms with van der Waals surface area (Å²) in [7, 11) is -3.76. The second-order valence-electron chi connectivity index (χ2n) is 5.84. The van der Waals surface area contributed by atoms with Crippen LogP contribution in [0.25, 0.3) is 10.9 Å². The maximum Gasteiger partial charge on any atom is 0.271 e. The number of halogens is 2. The molecule has 4 nitrogen and oxygen atoms in total. The van der Waals surface area contributed by atoms with Crippen LogP contribution in [0.1, 0.15) is 23.3 Å². The number of anilines is 1. The van der Waals surface area contributed by atoms with E-state index in [-0.39, 0.29) is 9.90 Å². The third-order valence-corrected chi connectivity index (χ3v) is 7.28. The highest BCUT2D eigenvalue weighted by atomic mass is 32.2. The highest BCUT2D eigenvalue weighted by molar-refractivity contribution is 7.94. The van der Waals surface area contributed by atoms with Gasteiger partial charge in [0.2, 0.25) is 0 Å². The van der Waals surface area contributed by atoms with E-state index in [1.165, 1.54) is 17.5 Å². The number of nitrogens with one attached hydrogen (secondary N) is 2. The maximum atomic E-state index is 13.5. The lowest BCUT2D eigenvalue weighted by atomic mass is 10.00. The van der Waals surface area contributed by atoms with Crippen molar-refractivity contribution in [2.75, 3.05) is 4.72 Å². The van der Waals surface area contributed by atoms with Gasteiger partial charge in [-0.1, -0.05) is 0 Å². The van der Waals surface area contributed by atoms with Crippen molar-refractivity contribution in [2.24, 2.45) is 0 Å². The van der Waals surface area contributed by atoms with E-state index in [2.05, 4.69) is 9.71 Å². The van der Waals surface area contributed by atoms with Gasteiger partial charge >= 0.3 is 0 Å². The summed E-state index contributed by atoms with van der Waals surface area (Å²) in [5.41, 5.74) is 1.63. The fourth-order valence-electron chi connectivity index (χ4n) is 2.99. The molecule has 0 bridgehead atoms. The zero-order valence-electron chi connectivity index (χ0n) is 12.5. The molecule has 0 spiro atoms. The number of sulfonamides is 1. The predicted octanol–water partition coefficient (Wildman–Crippen LogP) is 4.19. The molecule has 1 aliphatic carbocycles. The van der Waals surface area contributed by atoms with Crippen LogP contribution in [0.4, 0.5) is 14.5 Å². The number of benzene rings is 1. The van der Waals surface area contributed by atoms with Crippen molar-refractivity contribution in [1.29, 1.82) is 0 Å². The van der Waals surface area contributed by atoms with Crippen molar-refractivity contribution in [3.05, 3.63) is 46.5 Å². The first-order chi connectivity index (χ1) is 11.4. The Morgan fingerprint density at radius 1 is 1.08 bits per heavy atom. The molecule has 8 heteroatoms. The van der Waals surface area contributed by atoms with E-state index in [9.17, 15) is 17.2 Å². The van der Waals surface area contributed by atoms with Crippen molar-refractivity contribution < 1.29 is 17.2 Å². The lowest BCUT2D eigenvalue weighted by Gasteiger charge is -2.08. The number of fused-ring (bicyclic) bond motifs is 2. The monoisotopic (exact) mass is 368 g/mol. The van der Waals surface area contributed by atoms with Crippen LogP contribution >= 0.6 is 11.3 Å². The fraction of sp³-hybridized carbons (Fsp3) is 0.250. The van der Waals surface area contributed by atoms with Gasteiger partial charge in [-0.15, -0.1) is 11.3 Å². The maximum absolute atomic E-state index is 13.5. The highest BCUT2D eigenvalue weighted by Gasteiger charge is 2.23. The van der Waals surface area contributed by atoms with E-state index in [0.29, 0.717) is 10.9 Å². The van der Waals surface area contributed by atoms with Gasteiger partial charge in [0.15, 0.2) is 11.6 Å². The Bertz CT molecular complexity index is 1010. The average molecular weight is 368 g/mol. The topological polar surface area (TPSA) is 62.0 Å². The van der Waals surface area contributed by atoms with Gasteiger partial charge in [0.1, 0.15) is 4.21 Å². The van der Waals surface area contributed by atoms with Crippen LogP contribution in [0.5, 0.6) is 0 Å². The van der Waals surface area contributed by atoms with E-state index < -0.39 is 21.7 Å². The summed E-state index contributed by atoms with van der Waals surface area (Å²) >= 11 is 1.28. The molecule has 4 rings (SSSR count). The molecule has 0 saturated carbocycles. The molecule has 0 unspecified atom stereocenters. The van der Waals surface area contributed by atoms with E-state index in [1.54, 1.807) is 6.07 Å². The molecular formula is C16H14F2N2O2S2. The highest BCUT2D eigenvalue weighted by Crippen LogP contribution is 2.34. The number of aromatic nitrogens is 1. The Kier molecular flexibility index (Phi) is 3.61. The molecule has 0 saturated heterocycles. The van der Waals surface area contributed by atoms with Gasteiger partial charge in [-0.25, -0.2) is 17.2 Å². The normalized spacial score (nSPS) is 14.8. The van der Waals surface area contributed by atoms with Gasteiger partial charge in [-0.05, 0) is 43.4 Å². The average Bonchev–Trinajstić information content (AvgIpc) is 3.13. The summed E-state index contributed by atoms with van der Waals surface area (Å²) < 4.78 is 54.7. The molecule has 2 N–H and O–H groups in total. The number of rotatable bonds is 3. The Morgan fingerprint density at radius 3 is 2.62 bits per heavy atom. The van der Waals surface area contributed by atoms with Crippen molar-refractivity contribution in [2.45, 2.75) is 29.9 Å². The standard InChI is InChI=1S/C16H14F2N2O2S2/c17-11-6-10-13(7-12(11)18)19-8-14(10)20-24(21,22)16-5-9-3-1-2-4-15(9)23-16/h5-8,19-20H,1-4H2. The number of aryl methyl sites for hydroxylation is 2. The fourth-order valence-corrected chi connectivity index (χ4v) is 5.70. The summed E-state index contributed by atoms with van der Waals surface area (Å²) in [6, 6.07) is 3.71. The summed E-state index contributed by atoms with van der Waals surface area (Å²) in [5.74, 6) is -2.00. The minimum absolute atomic E-state index is 0.204. The SMILES string of the molecule is O=S(=O)(Nc1c[nH]c2cc(F)c(F)cc12)c1cc2c(s1)CCCC2. The van der Waals surface area contributed by atoms with Gasteiger partial charge in [-0.3, -0.25) is 4.72 Å². The molecule has 2 heterocycles. The first-order valence-electron chi connectivity index (χ1n) is 7.54. The molecular weight excluding hydrogens is 354 g/mol. The third-order valence-electron chi connectivity index (χ3n) is 4.21. The quantitative estimate of drug-likeness (QED) is 0.728. The summed E-state index contributed by atoms with van der Waals surface area (Å²) in [6.45, 7) is 0. The van der Waals surface area contributed by atoms with Gasteiger partial charge < -0.3 is 4.98 Å². The van der Waals surface area contributed by atoms with Gasteiger partial charge in [0.25, 0.3) is 10.0 Å². The van der Waals surface area contributed by atoms with Crippen LogP contribution in [-0.4, -0.2) is 13.4 Å². The van der Waals surface area contributed by atoms with Crippen molar-refractivity contribution in [3.8, 4) is 0 Å². The van der Waals surface area contributed by atoms with Crippen LogP contribution in [0.2, 0.25) is 0 Å². The lowest BCUT2D eigenvalue weighted by molar-refractivity contribution is 0.511. The Morgan fingerprint density at radius 2 is 1.83 bits per heavy atom. The largest absolute Gasteiger partial charge is 0.359 e. The molecule has 126 valence electrons. The Hall–Kier alpha value is -1.93. The van der Waals surface area contributed by atoms with E-state index in [4.69, 9.17) is 0 Å². The van der Waals surface area contributed by atoms with Gasteiger partial charge in [0, 0.05) is 22.5 Å². The minimum Gasteiger partial charge on any atom is -0.359 e. The van der Waals surface area contributed by atoms with Crippen molar-refractivity contribution in [3.63, 3.8) is 0 Å². The zero-order chi connectivity index (χ0) is 16.9. The molecule has 3 aromatic rings. The number of aromatic amines is 1. The van der Waals surface area contributed by atoms with E-state index >= 15 is 0 Å². The van der Waals surface area contributed by atoms with E-state index in [0.717, 1.165) is 48.3 Å². The van der Waals surface area contributed by atoms with Crippen LogP contribution in [0, 0.1) is 11.6 Å². The first kappa shape index (κ1) is 15.6. The zero-order valence-corrected chi connectivity index (χ0v) is 14.2. The number of hydrogen-bond acceptors (Lipinski definition) is 3. The summed E-state index contributed by atoms with van der Waals surface area (Å²) in [5, 5.41) is 0.291. The number of hydrogen-bond donors (Lipinski definition) is 2.